The Morgan fingerprint density at radius 1 is 1.27 bits per heavy atom. The number of carbonyl (C=O) groups is 2. The number of likely N-dealkylation sites (tertiary alicyclic amines) is 1. The average Bonchev–Trinajstić information content (AvgIpc) is 3.37. The van der Waals surface area contributed by atoms with Crippen LogP contribution in [-0.2, 0) is 20.9 Å². The smallest absolute Gasteiger partial charge is 0.475 e. The van der Waals surface area contributed by atoms with Crippen LogP contribution in [-0.4, -0.2) is 60.9 Å². The molecule has 2 N–H and O–H groups in total. The van der Waals surface area contributed by atoms with Gasteiger partial charge in [-0.1, -0.05) is 18.2 Å². The van der Waals surface area contributed by atoms with E-state index in [1.54, 1.807) is 6.07 Å². The van der Waals surface area contributed by atoms with E-state index >= 15 is 0 Å². The molecule has 6 nitrogen and oxygen atoms in total. The third kappa shape index (κ3) is 5.48. The molecule has 1 amide bonds. The van der Waals surface area contributed by atoms with Gasteiger partial charge in [0, 0.05) is 49.0 Å². The number of nitrogens with zero attached hydrogens (tertiary/aromatic N) is 1. The number of aliphatic carboxylic acids is 1. The topological polar surface area (TPSA) is 78.9 Å². The number of carbonyl (C=O) groups excluding carboxylic acids is 1. The summed E-state index contributed by atoms with van der Waals surface area (Å²) >= 11 is 0. The van der Waals surface area contributed by atoms with Crippen molar-refractivity contribution < 1.29 is 37.0 Å². The molecule has 0 bridgehead atoms. The molecule has 4 rings (SSSR count). The van der Waals surface area contributed by atoms with Gasteiger partial charge in [0.05, 0.1) is 13.2 Å². The number of fused-ring (bicyclic) bond motifs is 1. The number of alkyl halides is 3. The Labute approximate surface area is 171 Å². The second-order valence-corrected chi connectivity index (χ2v) is 8.13. The SMILES string of the molecule is O=C(NC[C@]12COC[C@H]1CN(Cc1ccccc1F)C2)C1CC1.O=C(O)C(F)(F)F. The Balaban J connectivity index is 0.000000318. The maximum absolute atomic E-state index is 13.9. The molecule has 2 aliphatic heterocycles. The van der Waals surface area contributed by atoms with E-state index in [9.17, 15) is 22.4 Å². The molecule has 0 aromatic heterocycles. The van der Waals surface area contributed by atoms with Crippen LogP contribution in [0.5, 0.6) is 0 Å². The van der Waals surface area contributed by atoms with Crippen LogP contribution in [0, 0.1) is 23.1 Å². The molecular weight excluding hydrogens is 408 g/mol. The summed E-state index contributed by atoms with van der Waals surface area (Å²) in [5, 5.41) is 10.2. The van der Waals surface area contributed by atoms with Gasteiger partial charge in [0.25, 0.3) is 0 Å². The van der Waals surface area contributed by atoms with Gasteiger partial charge in [-0.2, -0.15) is 13.2 Å². The van der Waals surface area contributed by atoms with Crippen molar-refractivity contribution in [1.29, 1.82) is 0 Å². The minimum absolute atomic E-state index is 0.00416. The quantitative estimate of drug-likeness (QED) is 0.699. The molecule has 30 heavy (non-hydrogen) atoms. The van der Waals surface area contributed by atoms with Crippen LogP contribution in [0.2, 0.25) is 0 Å². The summed E-state index contributed by atoms with van der Waals surface area (Å²) in [5.74, 6) is -2.04. The summed E-state index contributed by atoms with van der Waals surface area (Å²) < 4.78 is 51.3. The molecule has 1 aromatic carbocycles. The highest BCUT2D eigenvalue weighted by Gasteiger charge is 2.50. The molecule has 10 heteroatoms. The lowest BCUT2D eigenvalue weighted by Gasteiger charge is -2.27. The molecule has 3 fully saturated rings. The molecule has 1 saturated carbocycles. The Morgan fingerprint density at radius 2 is 1.93 bits per heavy atom. The molecule has 166 valence electrons. The number of ether oxygens (including phenoxy) is 1. The molecular formula is C20H24F4N2O4. The fourth-order valence-corrected chi connectivity index (χ4v) is 3.93. The third-order valence-corrected chi connectivity index (χ3v) is 5.75. The number of benzene rings is 1. The third-order valence-electron chi connectivity index (χ3n) is 5.75. The first-order chi connectivity index (χ1) is 14.1. The van der Waals surface area contributed by atoms with Crippen molar-refractivity contribution >= 4 is 11.9 Å². The van der Waals surface area contributed by atoms with Gasteiger partial charge in [-0.25, -0.2) is 9.18 Å². The standard InChI is InChI=1S/C18H23FN2O2.C2HF3O2/c19-16-4-2-1-3-14(16)7-21-8-15-9-23-12-18(15,11-21)10-20-17(22)13-5-6-13;3-2(4,5)1(6)7/h1-4,13,15H,5-12H2,(H,20,22);(H,6,7)/t15-,18+;/m1./s1. The fourth-order valence-electron chi connectivity index (χ4n) is 3.93. The van der Waals surface area contributed by atoms with Crippen LogP contribution < -0.4 is 5.32 Å². The van der Waals surface area contributed by atoms with E-state index in [0.717, 1.165) is 38.1 Å². The van der Waals surface area contributed by atoms with E-state index < -0.39 is 12.1 Å². The van der Waals surface area contributed by atoms with Crippen molar-refractivity contribution in [1.82, 2.24) is 10.2 Å². The number of rotatable bonds is 5. The zero-order valence-corrected chi connectivity index (χ0v) is 16.3. The van der Waals surface area contributed by atoms with Crippen molar-refractivity contribution in [2.24, 2.45) is 17.3 Å². The van der Waals surface area contributed by atoms with Gasteiger partial charge in [-0.3, -0.25) is 9.69 Å². The van der Waals surface area contributed by atoms with Gasteiger partial charge in [0.1, 0.15) is 5.82 Å². The number of hydrogen-bond donors (Lipinski definition) is 2. The zero-order chi connectivity index (χ0) is 21.9. The number of nitrogens with one attached hydrogen (secondary N) is 1. The van der Waals surface area contributed by atoms with Crippen LogP contribution in [0.25, 0.3) is 0 Å². The summed E-state index contributed by atoms with van der Waals surface area (Å²) in [6.07, 6.45) is -3.03. The van der Waals surface area contributed by atoms with Crippen LogP contribution in [0.3, 0.4) is 0 Å². The van der Waals surface area contributed by atoms with Crippen molar-refractivity contribution in [3.05, 3.63) is 35.6 Å². The second-order valence-electron chi connectivity index (χ2n) is 8.13. The van der Waals surface area contributed by atoms with Crippen molar-refractivity contribution in [3.63, 3.8) is 0 Å². The van der Waals surface area contributed by atoms with Crippen LogP contribution in [0.15, 0.2) is 24.3 Å². The number of halogens is 4. The van der Waals surface area contributed by atoms with Crippen LogP contribution in [0.1, 0.15) is 18.4 Å². The van der Waals surface area contributed by atoms with E-state index in [1.807, 2.05) is 12.1 Å². The Morgan fingerprint density at radius 3 is 2.53 bits per heavy atom. The first kappa shape index (κ1) is 22.5. The summed E-state index contributed by atoms with van der Waals surface area (Å²) in [4.78, 5) is 23.1. The Hall–Kier alpha value is -2.20. The lowest BCUT2D eigenvalue weighted by atomic mass is 9.81. The fraction of sp³-hybridized carbons (Fsp3) is 0.600. The summed E-state index contributed by atoms with van der Waals surface area (Å²) in [6.45, 7) is 4.51. The molecule has 1 aromatic rings. The van der Waals surface area contributed by atoms with E-state index in [4.69, 9.17) is 14.6 Å². The normalized spacial score (nSPS) is 25.9. The van der Waals surface area contributed by atoms with Gasteiger partial charge >= 0.3 is 12.1 Å². The lowest BCUT2D eigenvalue weighted by Crippen LogP contribution is -2.43. The maximum atomic E-state index is 13.9. The predicted octanol–water partition coefficient (Wildman–Crippen LogP) is 2.43. The van der Waals surface area contributed by atoms with E-state index in [-0.39, 0.29) is 23.1 Å². The van der Waals surface area contributed by atoms with Crippen molar-refractivity contribution in [2.45, 2.75) is 25.6 Å². The van der Waals surface area contributed by atoms with E-state index in [1.165, 1.54) is 6.07 Å². The first-order valence-electron chi connectivity index (χ1n) is 9.72. The highest BCUT2D eigenvalue weighted by molar-refractivity contribution is 5.80. The molecule has 2 heterocycles. The minimum Gasteiger partial charge on any atom is -0.475 e. The average molecular weight is 432 g/mol. The molecule has 0 spiro atoms. The molecule has 3 aliphatic rings. The Kier molecular flexibility index (Phi) is 6.66. The number of amides is 1. The van der Waals surface area contributed by atoms with Crippen molar-refractivity contribution in [2.75, 3.05) is 32.8 Å². The largest absolute Gasteiger partial charge is 0.490 e. The van der Waals surface area contributed by atoms with Gasteiger partial charge < -0.3 is 15.2 Å². The van der Waals surface area contributed by atoms with E-state index in [2.05, 4.69) is 10.2 Å². The second kappa shape index (κ2) is 8.89. The van der Waals surface area contributed by atoms with E-state index in [0.29, 0.717) is 25.6 Å². The van der Waals surface area contributed by atoms with Gasteiger partial charge in [-0.15, -0.1) is 0 Å². The van der Waals surface area contributed by atoms with Gasteiger partial charge in [-0.05, 0) is 18.9 Å². The highest BCUT2D eigenvalue weighted by Crippen LogP contribution is 2.41. The predicted molar refractivity (Wildman–Crippen MR) is 97.8 cm³/mol. The van der Waals surface area contributed by atoms with Crippen LogP contribution in [0.4, 0.5) is 17.6 Å². The lowest BCUT2D eigenvalue weighted by molar-refractivity contribution is -0.192. The monoisotopic (exact) mass is 432 g/mol. The molecule has 0 radical (unpaired) electrons. The number of carboxylic acid groups (broad SMARTS) is 1. The minimum atomic E-state index is -5.08. The molecule has 2 atom stereocenters. The highest BCUT2D eigenvalue weighted by atomic mass is 19.4. The number of hydrogen-bond acceptors (Lipinski definition) is 4. The summed E-state index contributed by atoms with van der Waals surface area (Å²) in [7, 11) is 0. The number of carboxylic acids is 1. The zero-order valence-electron chi connectivity index (χ0n) is 16.3. The van der Waals surface area contributed by atoms with Gasteiger partial charge in [0.15, 0.2) is 0 Å². The van der Waals surface area contributed by atoms with Gasteiger partial charge in [0.2, 0.25) is 5.91 Å². The summed E-state index contributed by atoms with van der Waals surface area (Å²) in [6, 6.07) is 6.97. The summed E-state index contributed by atoms with van der Waals surface area (Å²) in [5.41, 5.74) is 0.737. The molecule has 1 aliphatic carbocycles. The molecule has 2 saturated heterocycles. The van der Waals surface area contributed by atoms with Crippen molar-refractivity contribution in [3.8, 4) is 0 Å². The maximum Gasteiger partial charge on any atom is 0.490 e. The molecule has 0 unspecified atom stereocenters. The first-order valence-corrected chi connectivity index (χ1v) is 9.72. The Bertz CT molecular complexity index is 784. The van der Waals surface area contributed by atoms with Crippen LogP contribution >= 0.6 is 0 Å².